The summed E-state index contributed by atoms with van der Waals surface area (Å²) in [4.78, 5) is 23.2. The molecule has 0 saturated carbocycles. The third-order valence-corrected chi connectivity index (χ3v) is 3.84. The average molecular weight is 396 g/mol. The number of hydrogen-bond acceptors (Lipinski definition) is 5. The summed E-state index contributed by atoms with van der Waals surface area (Å²) in [5.41, 5.74) is 1.67. The van der Waals surface area contributed by atoms with E-state index in [4.69, 9.17) is 21.1 Å². The van der Waals surface area contributed by atoms with Gasteiger partial charge in [0.25, 0.3) is 5.91 Å². The molecule has 0 saturated heterocycles. The average Bonchev–Trinajstić information content (AvgIpc) is 2.93. The zero-order valence-electron chi connectivity index (χ0n) is 14.9. The highest BCUT2D eigenvalue weighted by atomic mass is 35.5. The molecule has 0 bridgehead atoms. The maximum Gasteiger partial charge on any atom is 0.331 e. The van der Waals surface area contributed by atoms with E-state index in [1.54, 1.807) is 6.92 Å². The summed E-state index contributed by atoms with van der Waals surface area (Å²) >= 11 is 6.31. The van der Waals surface area contributed by atoms with Gasteiger partial charge in [0, 0.05) is 25.3 Å². The maximum absolute atomic E-state index is 13.1. The molecular formula is C18H19ClFN3O4. The van der Waals surface area contributed by atoms with Gasteiger partial charge >= 0.3 is 5.97 Å². The predicted molar refractivity (Wildman–Crippen MR) is 98.1 cm³/mol. The van der Waals surface area contributed by atoms with Gasteiger partial charge < -0.3 is 14.8 Å². The molecule has 0 spiro atoms. The lowest BCUT2D eigenvalue weighted by molar-refractivity contribution is -0.143. The van der Waals surface area contributed by atoms with Crippen LogP contribution in [0.25, 0.3) is 11.8 Å². The minimum Gasteiger partial charge on any atom is -0.452 e. The van der Waals surface area contributed by atoms with Crippen LogP contribution in [-0.2, 0) is 19.1 Å². The number of rotatable bonds is 8. The Kier molecular flexibility index (Phi) is 7.51. The fourth-order valence-corrected chi connectivity index (χ4v) is 2.47. The molecule has 0 radical (unpaired) electrons. The number of benzene rings is 1. The fraction of sp³-hybridized carbons (Fsp3) is 0.278. The topological polar surface area (TPSA) is 82.4 Å². The molecule has 1 aromatic heterocycles. The second-order valence-corrected chi connectivity index (χ2v) is 5.82. The zero-order valence-corrected chi connectivity index (χ0v) is 15.6. The van der Waals surface area contributed by atoms with Crippen LogP contribution in [0.15, 0.2) is 30.3 Å². The number of aromatic nitrogens is 2. The lowest BCUT2D eigenvalue weighted by Gasteiger charge is -2.04. The summed E-state index contributed by atoms with van der Waals surface area (Å²) < 4.78 is 24.1. The van der Waals surface area contributed by atoms with Gasteiger partial charge in [-0.05, 0) is 37.3 Å². The summed E-state index contributed by atoms with van der Waals surface area (Å²) in [6.07, 6.45) is 2.61. The van der Waals surface area contributed by atoms with Gasteiger partial charge in [-0.25, -0.2) is 13.9 Å². The number of carbonyl (C=O) groups excluding carboxylic acids is 2. The monoisotopic (exact) mass is 395 g/mol. The van der Waals surface area contributed by atoms with Gasteiger partial charge in [0.15, 0.2) is 6.61 Å². The van der Waals surface area contributed by atoms with E-state index in [1.165, 1.54) is 42.1 Å². The summed E-state index contributed by atoms with van der Waals surface area (Å²) in [5, 5.41) is 7.08. The molecule has 1 heterocycles. The highest BCUT2D eigenvalue weighted by Crippen LogP contribution is 2.24. The van der Waals surface area contributed by atoms with Crippen LogP contribution in [0.5, 0.6) is 0 Å². The molecule has 1 amide bonds. The lowest BCUT2D eigenvalue weighted by Crippen LogP contribution is -2.31. The van der Waals surface area contributed by atoms with Crippen molar-refractivity contribution in [2.45, 2.75) is 6.92 Å². The highest BCUT2D eigenvalue weighted by molar-refractivity contribution is 6.31. The van der Waals surface area contributed by atoms with E-state index in [0.717, 1.165) is 6.08 Å². The van der Waals surface area contributed by atoms with E-state index in [2.05, 4.69) is 10.4 Å². The van der Waals surface area contributed by atoms with Gasteiger partial charge in [0.2, 0.25) is 0 Å². The Morgan fingerprint density at radius 2 is 2.04 bits per heavy atom. The zero-order chi connectivity index (χ0) is 19.8. The molecule has 2 rings (SSSR count). The second kappa shape index (κ2) is 9.84. The van der Waals surface area contributed by atoms with Crippen molar-refractivity contribution in [3.05, 3.63) is 52.6 Å². The third kappa shape index (κ3) is 5.90. The van der Waals surface area contributed by atoms with E-state index >= 15 is 0 Å². The Morgan fingerprint density at radius 1 is 1.33 bits per heavy atom. The number of nitrogens with one attached hydrogen (secondary N) is 1. The SMILES string of the molecule is COCCNC(=O)COC(=O)/C=C/c1c(C)nn(-c2ccc(F)cc2)c1Cl. The fourth-order valence-electron chi connectivity index (χ4n) is 2.13. The van der Waals surface area contributed by atoms with Gasteiger partial charge in [-0.1, -0.05) is 11.6 Å². The molecule has 144 valence electrons. The van der Waals surface area contributed by atoms with Crippen LogP contribution in [0.1, 0.15) is 11.3 Å². The van der Waals surface area contributed by atoms with Crippen LogP contribution < -0.4 is 5.32 Å². The Morgan fingerprint density at radius 3 is 2.70 bits per heavy atom. The van der Waals surface area contributed by atoms with Crippen molar-refractivity contribution in [3.8, 4) is 5.69 Å². The van der Waals surface area contributed by atoms with Gasteiger partial charge in [-0.3, -0.25) is 4.79 Å². The largest absolute Gasteiger partial charge is 0.452 e. The van der Waals surface area contributed by atoms with Crippen LogP contribution in [0, 0.1) is 12.7 Å². The van der Waals surface area contributed by atoms with E-state index in [9.17, 15) is 14.0 Å². The quantitative estimate of drug-likeness (QED) is 0.421. The van der Waals surface area contributed by atoms with Crippen LogP contribution in [0.4, 0.5) is 4.39 Å². The summed E-state index contributed by atoms with van der Waals surface area (Å²) in [6.45, 7) is 2.03. The number of amides is 1. The molecule has 0 aliphatic rings. The molecule has 0 unspecified atom stereocenters. The van der Waals surface area contributed by atoms with Gasteiger partial charge in [-0.15, -0.1) is 0 Å². The van der Waals surface area contributed by atoms with Crippen molar-refractivity contribution in [3.63, 3.8) is 0 Å². The molecular weight excluding hydrogens is 377 g/mol. The van der Waals surface area contributed by atoms with Crippen LogP contribution >= 0.6 is 11.6 Å². The Labute approximate surface area is 160 Å². The maximum atomic E-state index is 13.1. The minimum atomic E-state index is -0.693. The summed E-state index contributed by atoms with van der Waals surface area (Å²) in [5.74, 6) is -1.48. The van der Waals surface area contributed by atoms with Crippen LogP contribution in [-0.4, -0.2) is 48.5 Å². The molecule has 1 N–H and O–H groups in total. The molecule has 2 aromatic rings. The number of carbonyl (C=O) groups is 2. The van der Waals surface area contributed by atoms with Crippen molar-refractivity contribution in [1.82, 2.24) is 15.1 Å². The Bertz CT molecular complexity index is 834. The Hall–Kier alpha value is -2.71. The first-order valence-corrected chi connectivity index (χ1v) is 8.41. The predicted octanol–water partition coefficient (Wildman–Crippen LogP) is 2.29. The summed E-state index contributed by atoms with van der Waals surface area (Å²) in [6, 6.07) is 5.68. The first-order chi connectivity index (χ1) is 12.9. The molecule has 7 nitrogen and oxygen atoms in total. The molecule has 9 heteroatoms. The van der Waals surface area contributed by atoms with Crippen molar-refractivity contribution in [1.29, 1.82) is 0 Å². The van der Waals surface area contributed by atoms with Gasteiger partial charge in [-0.2, -0.15) is 5.10 Å². The molecule has 27 heavy (non-hydrogen) atoms. The first-order valence-electron chi connectivity index (χ1n) is 8.04. The first kappa shape index (κ1) is 20.6. The highest BCUT2D eigenvalue weighted by Gasteiger charge is 2.13. The number of ether oxygens (including phenoxy) is 2. The Balaban J connectivity index is 1.99. The number of aryl methyl sites for hydroxylation is 1. The summed E-state index contributed by atoms with van der Waals surface area (Å²) in [7, 11) is 1.52. The van der Waals surface area contributed by atoms with Crippen molar-refractivity contribution in [2.24, 2.45) is 0 Å². The normalized spacial score (nSPS) is 11.0. The third-order valence-electron chi connectivity index (χ3n) is 3.48. The van der Waals surface area contributed by atoms with E-state index in [-0.39, 0.29) is 11.0 Å². The van der Waals surface area contributed by atoms with Crippen LogP contribution in [0.2, 0.25) is 5.15 Å². The molecule has 0 aliphatic heterocycles. The van der Waals surface area contributed by atoms with Crippen molar-refractivity contribution < 1.29 is 23.5 Å². The van der Waals surface area contributed by atoms with Crippen LogP contribution in [0.3, 0.4) is 0 Å². The molecule has 0 atom stereocenters. The number of methoxy groups -OCH3 is 1. The van der Waals surface area contributed by atoms with E-state index < -0.39 is 18.5 Å². The standard InChI is InChI=1S/C18H19ClFN3O4/c1-12-15(7-8-17(25)27-11-16(24)21-9-10-26-2)18(19)23(22-12)14-5-3-13(20)4-6-14/h3-8H,9-11H2,1-2H3,(H,21,24)/b8-7+. The number of hydrogen-bond donors (Lipinski definition) is 1. The number of nitrogens with zero attached hydrogens (tertiary/aromatic N) is 2. The minimum absolute atomic E-state index is 0.264. The smallest absolute Gasteiger partial charge is 0.331 e. The molecule has 0 fully saturated rings. The number of esters is 1. The van der Waals surface area contributed by atoms with E-state index in [1.807, 2.05) is 0 Å². The van der Waals surface area contributed by atoms with Crippen molar-refractivity contribution in [2.75, 3.05) is 26.9 Å². The lowest BCUT2D eigenvalue weighted by atomic mass is 10.2. The van der Waals surface area contributed by atoms with Gasteiger partial charge in [0.1, 0.15) is 11.0 Å². The second-order valence-electron chi connectivity index (χ2n) is 5.46. The van der Waals surface area contributed by atoms with E-state index in [0.29, 0.717) is 30.1 Å². The molecule has 0 aliphatic carbocycles. The van der Waals surface area contributed by atoms with Crippen molar-refractivity contribution >= 4 is 29.6 Å². The van der Waals surface area contributed by atoms with Gasteiger partial charge in [0.05, 0.1) is 18.0 Å². The molecule has 1 aromatic carbocycles. The number of halogens is 2.